The third-order valence-electron chi connectivity index (χ3n) is 4.51. The highest BCUT2D eigenvalue weighted by Crippen LogP contribution is 2.07. The number of imidazole rings is 1. The fraction of sp³-hybridized carbons (Fsp3) is 0.632. The van der Waals surface area contributed by atoms with Crippen LogP contribution in [0, 0.1) is 5.92 Å². The van der Waals surface area contributed by atoms with Crippen LogP contribution in [0.25, 0.3) is 0 Å². The lowest BCUT2D eigenvalue weighted by atomic mass is 10.0. The summed E-state index contributed by atoms with van der Waals surface area (Å²) in [5.74, 6) is -3.24. The Bertz CT molecular complexity index is 751. The first-order chi connectivity index (χ1) is 14.4. The van der Waals surface area contributed by atoms with Gasteiger partial charge in [0.05, 0.1) is 12.4 Å². The number of hydrogen-bond acceptors (Lipinski definition) is 7. The van der Waals surface area contributed by atoms with E-state index >= 15 is 0 Å². The maximum atomic E-state index is 12.7. The van der Waals surface area contributed by atoms with Crippen LogP contribution >= 0.6 is 0 Å². The maximum Gasteiger partial charge on any atom is 0.326 e. The van der Waals surface area contributed by atoms with E-state index in [-0.39, 0.29) is 18.8 Å². The third-order valence-corrected chi connectivity index (χ3v) is 4.51. The smallest absolute Gasteiger partial charge is 0.326 e. The van der Waals surface area contributed by atoms with Gasteiger partial charge in [-0.3, -0.25) is 14.4 Å². The summed E-state index contributed by atoms with van der Waals surface area (Å²) in [5.41, 5.74) is 6.07. The largest absolute Gasteiger partial charge is 0.480 e. The number of nitrogens with one attached hydrogen (secondary N) is 4. The number of aliphatic hydroxyl groups excluding tert-OH is 1. The van der Waals surface area contributed by atoms with E-state index in [9.17, 15) is 29.4 Å². The summed E-state index contributed by atoms with van der Waals surface area (Å²) < 4.78 is 0. The number of amides is 3. The average molecular weight is 441 g/mol. The number of carboxylic acid groups (broad SMARTS) is 1. The Labute approximate surface area is 180 Å². The highest BCUT2D eigenvalue weighted by Gasteiger charge is 2.30. The van der Waals surface area contributed by atoms with Gasteiger partial charge in [-0.15, -0.1) is 0 Å². The molecule has 0 bridgehead atoms. The van der Waals surface area contributed by atoms with Gasteiger partial charge in [-0.2, -0.15) is 0 Å². The fourth-order valence-electron chi connectivity index (χ4n) is 2.68. The molecule has 0 saturated carbocycles. The maximum absolute atomic E-state index is 12.7. The number of nitrogens with zero attached hydrogens (tertiary/aromatic N) is 1. The molecule has 12 nitrogen and oxygen atoms in total. The minimum Gasteiger partial charge on any atom is -0.480 e. The Morgan fingerprint density at radius 3 is 2.13 bits per heavy atom. The van der Waals surface area contributed by atoms with Crippen LogP contribution < -0.4 is 21.7 Å². The molecule has 3 amide bonds. The van der Waals surface area contributed by atoms with Gasteiger partial charge in [0.2, 0.25) is 17.7 Å². The molecule has 0 radical (unpaired) electrons. The number of aliphatic carboxylic acids is 1. The topological polar surface area (TPSA) is 200 Å². The van der Waals surface area contributed by atoms with Crippen LogP contribution in [0.2, 0.25) is 0 Å². The summed E-state index contributed by atoms with van der Waals surface area (Å²) in [5, 5.41) is 26.2. The second kappa shape index (κ2) is 12.0. The van der Waals surface area contributed by atoms with E-state index in [4.69, 9.17) is 5.73 Å². The SMILES string of the molecule is CC(C)CC(NC(=O)C(C)NC(=O)C(N)C(C)O)C(=O)NC(Cc1cnc[nH]1)C(=O)O. The third kappa shape index (κ3) is 8.72. The number of hydrogen-bond donors (Lipinski definition) is 7. The Hall–Kier alpha value is -2.99. The van der Waals surface area contributed by atoms with Crippen molar-refractivity contribution in [1.82, 2.24) is 25.9 Å². The number of carbonyl (C=O) groups is 4. The highest BCUT2D eigenvalue weighted by molar-refractivity contribution is 5.94. The molecule has 174 valence electrons. The summed E-state index contributed by atoms with van der Waals surface area (Å²) in [7, 11) is 0. The van der Waals surface area contributed by atoms with Gasteiger partial charge >= 0.3 is 5.97 Å². The number of aliphatic hydroxyl groups is 1. The summed E-state index contributed by atoms with van der Waals surface area (Å²) in [6, 6.07) is -4.47. The zero-order chi connectivity index (χ0) is 23.7. The summed E-state index contributed by atoms with van der Waals surface area (Å²) >= 11 is 0. The van der Waals surface area contributed by atoms with Crippen molar-refractivity contribution < 1.29 is 29.4 Å². The molecule has 0 aliphatic heterocycles. The first-order valence-electron chi connectivity index (χ1n) is 9.97. The van der Waals surface area contributed by atoms with Crippen molar-refractivity contribution in [2.24, 2.45) is 11.7 Å². The van der Waals surface area contributed by atoms with E-state index in [1.54, 1.807) is 0 Å². The van der Waals surface area contributed by atoms with E-state index in [1.807, 2.05) is 13.8 Å². The first kappa shape index (κ1) is 26.0. The van der Waals surface area contributed by atoms with Gasteiger partial charge in [0.1, 0.15) is 24.2 Å². The second-order valence-electron chi connectivity index (χ2n) is 7.87. The molecular weight excluding hydrogens is 408 g/mol. The minimum atomic E-state index is -1.23. The Morgan fingerprint density at radius 1 is 1.03 bits per heavy atom. The number of H-pyrrole nitrogens is 1. The van der Waals surface area contributed by atoms with E-state index in [2.05, 4.69) is 25.9 Å². The first-order valence-corrected chi connectivity index (χ1v) is 9.97. The second-order valence-corrected chi connectivity index (χ2v) is 7.87. The van der Waals surface area contributed by atoms with Crippen molar-refractivity contribution in [2.75, 3.05) is 0 Å². The molecule has 5 unspecified atom stereocenters. The molecule has 0 aliphatic carbocycles. The van der Waals surface area contributed by atoms with Crippen LogP contribution in [0.15, 0.2) is 12.5 Å². The van der Waals surface area contributed by atoms with Gasteiger partial charge in [-0.05, 0) is 26.2 Å². The summed E-state index contributed by atoms with van der Waals surface area (Å²) in [6.45, 7) is 6.45. The molecule has 1 aromatic rings. The van der Waals surface area contributed by atoms with Crippen LogP contribution in [-0.2, 0) is 25.6 Å². The van der Waals surface area contributed by atoms with E-state index in [1.165, 1.54) is 26.4 Å². The lowest BCUT2D eigenvalue weighted by Crippen LogP contribution is -2.57. The molecule has 8 N–H and O–H groups in total. The number of aromatic amines is 1. The quantitative estimate of drug-likeness (QED) is 0.199. The fourth-order valence-corrected chi connectivity index (χ4v) is 2.68. The lowest BCUT2D eigenvalue weighted by molar-refractivity contribution is -0.142. The molecule has 1 rings (SSSR count). The lowest BCUT2D eigenvalue weighted by Gasteiger charge is -2.25. The number of carbonyl (C=O) groups excluding carboxylic acids is 3. The minimum absolute atomic E-state index is 0.00683. The molecule has 0 spiro atoms. The number of rotatable bonds is 12. The van der Waals surface area contributed by atoms with Crippen molar-refractivity contribution in [3.63, 3.8) is 0 Å². The Morgan fingerprint density at radius 2 is 1.65 bits per heavy atom. The van der Waals surface area contributed by atoms with E-state index in [0.29, 0.717) is 5.69 Å². The Balaban J connectivity index is 2.81. The van der Waals surface area contributed by atoms with Gasteiger partial charge in [0.15, 0.2) is 0 Å². The van der Waals surface area contributed by atoms with Crippen molar-refractivity contribution >= 4 is 23.7 Å². The molecule has 0 aromatic carbocycles. The molecular formula is C19H32N6O6. The number of aromatic nitrogens is 2. The van der Waals surface area contributed by atoms with Crippen LogP contribution in [0.3, 0.4) is 0 Å². The molecule has 0 saturated heterocycles. The standard InChI is InChI=1S/C19H32N6O6/c1-9(2)5-13(24-16(27)10(3)23-18(29)15(20)11(4)26)17(28)25-14(19(30)31)6-12-7-21-8-22-12/h7-11,13-15,26H,5-6,20H2,1-4H3,(H,21,22)(H,23,29)(H,24,27)(H,25,28)(H,30,31). The molecule has 0 fully saturated rings. The van der Waals surface area contributed by atoms with Crippen molar-refractivity contribution in [3.8, 4) is 0 Å². The average Bonchev–Trinajstić information content (AvgIpc) is 3.18. The molecule has 1 aromatic heterocycles. The summed E-state index contributed by atoms with van der Waals surface area (Å²) in [6.07, 6.45) is 2.00. The van der Waals surface area contributed by atoms with Crippen LogP contribution in [-0.4, -0.2) is 74.1 Å². The van der Waals surface area contributed by atoms with Gasteiger partial charge in [0, 0.05) is 18.3 Å². The predicted molar refractivity (Wildman–Crippen MR) is 111 cm³/mol. The van der Waals surface area contributed by atoms with Crippen LogP contribution in [0.4, 0.5) is 0 Å². The summed E-state index contributed by atoms with van der Waals surface area (Å²) in [4.78, 5) is 55.3. The Kier molecular flexibility index (Phi) is 10.1. The van der Waals surface area contributed by atoms with E-state index < -0.39 is 54.0 Å². The monoisotopic (exact) mass is 440 g/mol. The molecule has 31 heavy (non-hydrogen) atoms. The van der Waals surface area contributed by atoms with E-state index in [0.717, 1.165) is 0 Å². The van der Waals surface area contributed by atoms with Crippen LogP contribution in [0.5, 0.6) is 0 Å². The zero-order valence-corrected chi connectivity index (χ0v) is 18.1. The molecule has 5 atom stereocenters. The molecule has 12 heteroatoms. The number of carboxylic acids is 1. The van der Waals surface area contributed by atoms with Gasteiger partial charge in [-0.1, -0.05) is 13.8 Å². The zero-order valence-electron chi connectivity index (χ0n) is 18.1. The van der Waals surface area contributed by atoms with Crippen molar-refractivity contribution in [3.05, 3.63) is 18.2 Å². The number of nitrogens with two attached hydrogens (primary N) is 1. The van der Waals surface area contributed by atoms with Crippen molar-refractivity contribution in [2.45, 2.75) is 70.8 Å². The highest BCUT2D eigenvalue weighted by atomic mass is 16.4. The van der Waals surface area contributed by atoms with Crippen molar-refractivity contribution in [1.29, 1.82) is 0 Å². The molecule has 0 aliphatic rings. The van der Waals surface area contributed by atoms with Gasteiger partial charge in [-0.25, -0.2) is 9.78 Å². The van der Waals surface area contributed by atoms with Gasteiger partial charge in [0.25, 0.3) is 0 Å². The van der Waals surface area contributed by atoms with Crippen LogP contribution in [0.1, 0.15) is 39.8 Å². The molecule has 1 heterocycles. The normalized spacial score (nSPS) is 16.0. The van der Waals surface area contributed by atoms with Gasteiger partial charge < -0.3 is 36.9 Å². The predicted octanol–water partition coefficient (Wildman–Crippen LogP) is -1.73.